The molecule has 0 saturated carbocycles. The first kappa shape index (κ1) is 12.6. The predicted octanol–water partition coefficient (Wildman–Crippen LogP) is 3.64. The van der Waals surface area contributed by atoms with E-state index in [1.54, 1.807) is 17.4 Å². The number of hydrogen-bond donors (Lipinski definition) is 1. The van der Waals surface area contributed by atoms with Crippen molar-refractivity contribution in [2.45, 2.75) is 13.0 Å². The second-order valence-corrected chi connectivity index (χ2v) is 4.81. The molecule has 2 rings (SSSR count). The van der Waals surface area contributed by atoms with Gasteiger partial charge < -0.3 is 5.32 Å². The minimum absolute atomic E-state index is 0.0455. The molecule has 0 aliphatic heterocycles. The third-order valence-electron chi connectivity index (χ3n) is 2.63. The summed E-state index contributed by atoms with van der Waals surface area (Å²) >= 11 is 1.64. The van der Waals surface area contributed by atoms with Gasteiger partial charge in [-0.3, -0.25) is 4.79 Å². The molecule has 0 fully saturated rings. The molecule has 0 saturated heterocycles. The van der Waals surface area contributed by atoms with Gasteiger partial charge in [0, 0.05) is 6.08 Å². The van der Waals surface area contributed by atoms with Crippen molar-refractivity contribution >= 4 is 23.3 Å². The van der Waals surface area contributed by atoms with Gasteiger partial charge in [-0.05, 0) is 41.0 Å². The lowest BCUT2D eigenvalue weighted by molar-refractivity contribution is -0.117. The van der Waals surface area contributed by atoms with Crippen molar-refractivity contribution in [3.8, 4) is 0 Å². The van der Waals surface area contributed by atoms with Crippen molar-refractivity contribution in [2.24, 2.45) is 0 Å². The van der Waals surface area contributed by atoms with Crippen LogP contribution in [-0.4, -0.2) is 5.91 Å². The largest absolute Gasteiger partial charge is 0.346 e. The Hall–Kier alpha value is -1.87. The Morgan fingerprint density at radius 3 is 2.72 bits per heavy atom. The molecule has 0 bridgehead atoms. The molecule has 1 aromatic carbocycles. The molecule has 1 aromatic heterocycles. The Morgan fingerprint density at radius 1 is 1.28 bits per heavy atom. The number of nitrogens with one attached hydrogen (secondary N) is 1. The summed E-state index contributed by atoms with van der Waals surface area (Å²) in [6.45, 7) is 1.98. The fourth-order valence-electron chi connectivity index (χ4n) is 1.60. The lowest BCUT2D eigenvalue weighted by Crippen LogP contribution is -2.24. The molecule has 3 heteroatoms. The van der Waals surface area contributed by atoms with Gasteiger partial charge in [-0.25, -0.2) is 0 Å². The van der Waals surface area contributed by atoms with Crippen LogP contribution < -0.4 is 5.32 Å². The maximum Gasteiger partial charge on any atom is 0.244 e. The van der Waals surface area contributed by atoms with Gasteiger partial charge in [-0.2, -0.15) is 11.3 Å². The number of carbonyl (C=O) groups excluding carboxylic acids is 1. The van der Waals surface area contributed by atoms with E-state index in [1.165, 1.54) is 0 Å². The average molecular weight is 257 g/mol. The van der Waals surface area contributed by atoms with E-state index in [9.17, 15) is 4.79 Å². The summed E-state index contributed by atoms with van der Waals surface area (Å²) in [5.74, 6) is -0.0717. The van der Waals surface area contributed by atoms with Crippen molar-refractivity contribution in [1.82, 2.24) is 5.32 Å². The zero-order valence-corrected chi connectivity index (χ0v) is 11.0. The van der Waals surface area contributed by atoms with Crippen LogP contribution in [0.2, 0.25) is 0 Å². The molecule has 18 heavy (non-hydrogen) atoms. The van der Waals surface area contributed by atoms with Crippen LogP contribution in [0.4, 0.5) is 0 Å². The number of hydrogen-bond acceptors (Lipinski definition) is 2. The highest BCUT2D eigenvalue weighted by Crippen LogP contribution is 2.15. The highest BCUT2D eigenvalue weighted by atomic mass is 32.1. The van der Waals surface area contributed by atoms with Crippen molar-refractivity contribution < 1.29 is 4.79 Å². The zero-order chi connectivity index (χ0) is 12.8. The summed E-state index contributed by atoms with van der Waals surface area (Å²) in [4.78, 5) is 11.7. The molecule has 0 aliphatic carbocycles. The third kappa shape index (κ3) is 3.57. The summed E-state index contributed by atoms with van der Waals surface area (Å²) in [5, 5.41) is 6.99. The van der Waals surface area contributed by atoms with Crippen molar-refractivity contribution in [1.29, 1.82) is 0 Å². The molecule has 1 unspecified atom stereocenters. The van der Waals surface area contributed by atoms with Gasteiger partial charge in [-0.15, -0.1) is 0 Å². The van der Waals surface area contributed by atoms with E-state index in [-0.39, 0.29) is 11.9 Å². The van der Waals surface area contributed by atoms with Crippen LogP contribution in [0.1, 0.15) is 24.1 Å². The quantitative estimate of drug-likeness (QED) is 0.832. The Morgan fingerprint density at radius 2 is 2.06 bits per heavy atom. The van der Waals surface area contributed by atoms with Crippen LogP contribution >= 0.6 is 11.3 Å². The van der Waals surface area contributed by atoms with Gasteiger partial charge in [-0.1, -0.05) is 30.3 Å². The van der Waals surface area contributed by atoms with Crippen LogP contribution in [0.3, 0.4) is 0 Å². The second-order valence-electron chi connectivity index (χ2n) is 4.03. The minimum Gasteiger partial charge on any atom is -0.346 e. The first-order valence-electron chi connectivity index (χ1n) is 5.81. The van der Waals surface area contributed by atoms with Gasteiger partial charge in [0.05, 0.1) is 6.04 Å². The lowest BCUT2D eigenvalue weighted by atomic mass is 10.2. The van der Waals surface area contributed by atoms with Gasteiger partial charge in [0.25, 0.3) is 0 Å². The second kappa shape index (κ2) is 6.17. The summed E-state index contributed by atoms with van der Waals surface area (Å²) in [7, 11) is 0. The Kier molecular flexibility index (Phi) is 4.31. The van der Waals surface area contributed by atoms with Crippen LogP contribution in [0, 0.1) is 0 Å². The van der Waals surface area contributed by atoms with Crippen LogP contribution in [0.5, 0.6) is 0 Å². The maximum atomic E-state index is 11.7. The molecule has 0 aliphatic rings. The normalized spacial score (nSPS) is 12.5. The first-order chi connectivity index (χ1) is 8.75. The van der Waals surface area contributed by atoms with E-state index < -0.39 is 0 Å². The van der Waals surface area contributed by atoms with Crippen LogP contribution in [0.15, 0.2) is 53.2 Å². The smallest absolute Gasteiger partial charge is 0.244 e. The number of thiophene rings is 1. The fraction of sp³-hybridized carbons (Fsp3) is 0.133. The van der Waals surface area contributed by atoms with E-state index in [0.717, 1.165) is 11.1 Å². The van der Waals surface area contributed by atoms with Crippen LogP contribution in [0.25, 0.3) is 6.08 Å². The van der Waals surface area contributed by atoms with Gasteiger partial charge in [0.15, 0.2) is 0 Å². The maximum absolute atomic E-state index is 11.7. The van der Waals surface area contributed by atoms with Gasteiger partial charge in [0.2, 0.25) is 5.91 Å². The van der Waals surface area contributed by atoms with E-state index in [0.29, 0.717) is 0 Å². The summed E-state index contributed by atoms with van der Waals surface area (Å²) in [6.07, 6.45) is 3.38. The summed E-state index contributed by atoms with van der Waals surface area (Å²) < 4.78 is 0. The molecule has 2 nitrogen and oxygen atoms in total. The zero-order valence-electron chi connectivity index (χ0n) is 10.2. The van der Waals surface area contributed by atoms with Crippen molar-refractivity contribution in [3.63, 3.8) is 0 Å². The van der Waals surface area contributed by atoms with Gasteiger partial charge >= 0.3 is 0 Å². The van der Waals surface area contributed by atoms with Crippen LogP contribution in [-0.2, 0) is 4.79 Å². The van der Waals surface area contributed by atoms with Gasteiger partial charge in [0.1, 0.15) is 0 Å². The highest BCUT2D eigenvalue weighted by molar-refractivity contribution is 7.07. The molecule has 1 amide bonds. The minimum atomic E-state index is -0.0717. The van der Waals surface area contributed by atoms with E-state index in [2.05, 4.69) is 5.32 Å². The standard InChI is InChI=1S/C15H15NOS/c1-12(14-9-10-18-11-14)16-15(17)8-7-13-5-3-2-4-6-13/h2-12H,1H3,(H,16,17)/b8-7+. The molecule has 1 heterocycles. The van der Waals surface area contributed by atoms with E-state index in [4.69, 9.17) is 0 Å². The molecule has 1 N–H and O–H groups in total. The third-order valence-corrected chi connectivity index (χ3v) is 3.33. The SMILES string of the molecule is CC(NC(=O)/C=C/c1ccccc1)c1ccsc1. The number of amides is 1. The number of benzene rings is 1. The van der Waals surface area contributed by atoms with Crippen molar-refractivity contribution in [2.75, 3.05) is 0 Å². The summed E-state index contributed by atoms with van der Waals surface area (Å²) in [5.41, 5.74) is 2.16. The first-order valence-corrected chi connectivity index (χ1v) is 6.76. The molecule has 92 valence electrons. The Labute approximate surface area is 111 Å². The fourth-order valence-corrected chi connectivity index (χ4v) is 2.36. The van der Waals surface area contributed by atoms with E-state index >= 15 is 0 Å². The molecule has 2 aromatic rings. The molecular weight excluding hydrogens is 242 g/mol. The average Bonchev–Trinajstić information content (AvgIpc) is 2.91. The van der Waals surface area contributed by atoms with E-state index in [1.807, 2.05) is 60.2 Å². The monoisotopic (exact) mass is 257 g/mol. The topological polar surface area (TPSA) is 29.1 Å². The Balaban J connectivity index is 1.91. The highest BCUT2D eigenvalue weighted by Gasteiger charge is 2.06. The number of rotatable bonds is 4. The predicted molar refractivity (Wildman–Crippen MR) is 76.4 cm³/mol. The lowest BCUT2D eigenvalue weighted by Gasteiger charge is -2.10. The molecule has 0 radical (unpaired) electrons. The molecule has 0 spiro atoms. The Bertz CT molecular complexity index is 517. The van der Waals surface area contributed by atoms with Crippen molar-refractivity contribution in [3.05, 3.63) is 64.4 Å². The number of carbonyl (C=O) groups is 1. The summed E-state index contributed by atoms with van der Waals surface area (Å²) in [6, 6.07) is 11.9. The molecule has 1 atom stereocenters. The molecular formula is C15H15NOS.